The number of anilines is 1. The van der Waals surface area contributed by atoms with Gasteiger partial charge in [-0.1, -0.05) is 28.1 Å². The monoisotopic (exact) mass is 328 g/mol. The molecule has 1 saturated carbocycles. The van der Waals surface area contributed by atoms with Crippen LogP contribution in [-0.2, 0) is 4.74 Å². The molecule has 5 heteroatoms. The second kappa shape index (κ2) is 5.55. The van der Waals surface area contributed by atoms with Crippen LogP contribution in [0.5, 0.6) is 0 Å². The van der Waals surface area contributed by atoms with E-state index in [1.807, 2.05) is 18.2 Å². The average molecular weight is 329 g/mol. The van der Waals surface area contributed by atoms with Crippen LogP contribution in [0.3, 0.4) is 0 Å². The van der Waals surface area contributed by atoms with Crippen LogP contribution in [0.4, 0.5) is 5.69 Å². The molecule has 1 aromatic rings. The predicted molar refractivity (Wildman–Crippen MR) is 82.1 cm³/mol. The molecule has 1 aliphatic rings. The molecule has 0 aromatic heterocycles. The van der Waals surface area contributed by atoms with Crippen molar-refractivity contribution >= 4 is 38.8 Å². The molecule has 0 amide bonds. The van der Waals surface area contributed by atoms with Crippen LogP contribution >= 0.6 is 28.1 Å². The summed E-state index contributed by atoms with van der Waals surface area (Å²) in [5.41, 5.74) is 7.56. The first-order valence-electron chi connectivity index (χ1n) is 5.95. The van der Waals surface area contributed by atoms with Gasteiger partial charge in [-0.15, -0.1) is 0 Å². The van der Waals surface area contributed by atoms with Gasteiger partial charge in [-0.3, -0.25) is 0 Å². The Bertz CT molecular complexity index is 455. The maximum atomic E-state index is 5.74. The maximum Gasteiger partial charge on any atom is 0.106 e. The van der Waals surface area contributed by atoms with Crippen LogP contribution in [0, 0.1) is 0 Å². The van der Waals surface area contributed by atoms with Crippen LogP contribution < -0.4 is 11.1 Å². The number of nitrogens with one attached hydrogen (secondary N) is 1. The molecular formula is C13H17BrN2OS. The number of ether oxygens (including phenoxy) is 1. The smallest absolute Gasteiger partial charge is 0.106 e. The van der Waals surface area contributed by atoms with Gasteiger partial charge in [0.05, 0.1) is 5.60 Å². The molecule has 3 nitrogen and oxygen atoms in total. The molecular weight excluding hydrogens is 312 g/mol. The zero-order valence-electron chi connectivity index (χ0n) is 10.3. The van der Waals surface area contributed by atoms with E-state index in [9.17, 15) is 0 Å². The van der Waals surface area contributed by atoms with Crippen LogP contribution in [0.25, 0.3) is 0 Å². The summed E-state index contributed by atoms with van der Waals surface area (Å²) in [4.78, 5) is 0.402. The number of rotatable bonds is 5. The summed E-state index contributed by atoms with van der Waals surface area (Å²) in [6, 6.07) is 5.90. The Hall–Kier alpha value is -0.650. The summed E-state index contributed by atoms with van der Waals surface area (Å²) in [5.74, 6) is 0. The van der Waals surface area contributed by atoms with Gasteiger partial charge >= 0.3 is 0 Å². The minimum absolute atomic E-state index is 0.0133. The van der Waals surface area contributed by atoms with Crippen molar-refractivity contribution in [3.05, 3.63) is 28.2 Å². The first-order valence-corrected chi connectivity index (χ1v) is 7.15. The largest absolute Gasteiger partial charge is 0.389 e. The molecule has 0 spiro atoms. The molecule has 0 saturated heterocycles. The summed E-state index contributed by atoms with van der Waals surface area (Å²) >= 11 is 8.50. The molecule has 3 N–H and O–H groups in total. The van der Waals surface area contributed by atoms with E-state index in [-0.39, 0.29) is 5.60 Å². The van der Waals surface area contributed by atoms with Crippen molar-refractivity contribution in [1.82, 2.24) is 0 Å². The quantitative estimate of drug-likeness (QED) is 0.815. The van der Waals surface area contributed by atoms with E-state index in [1.165, 1.54) is 6.42 Å². The molecule has 0 bridgehead atoms. The van der Waals surface area contributed by atoms with Gasteiger partial charge in [-0.2, -0.15) is 0 Å². The van der Waals surface area contributed by atoms with Gasteiger partial charge in [0.2, 0.25) is 0 Å². The summed E-state index contributed by atoms with van der Waals surface area (Å²) in [7, 11) is 1.77. The van der Waals surface area contributed by atoms with Crippen molar-refractivity contribution in [2.24, 2.45) is 5.73 Å². The van der Waals surface area contributed by atoms with Crippen LogP contribution in [0.1, 0.15) is 24.8 Å². The second-order valence-corrected chi connectivity index (χ2v) is 6.00. The van der Waals surface area contributed by atoms with E-state index in [2.05, 4.69) is 21.2 Å². The summed E-state index contributed by atoms with van der Waals surface area (Å²) in [6.07, 6.45) is 3.45. The standard InChI is InChI=1S/C13H17BrN2OS/c1-17-13(5-2-6-13)8-16-11-4-3-9(14)7-10(11)12(15)18/h3-4,7,16H,2,5-6,8H2,1H3,(H2,15,18). The van der Waals surface area contributed by atoms with E-state index in [1.54, 1.807) is 7.11 Å². The third-order valence-electron chi connectivity index (χ3n) is 3.55. The number of methoxy groups -OCH3 is 1. The van der Waals surface area contributed by atoms with Crippen molar-refractivity contribution < 1.29 is 4.74 Å². The third-order valence-corrected chi connectivity index (χ3v) is 4.26. The molecule has 0 heterocycles. The van der Waals surface area contributed by atoms with Crippen molar-refractivity contribution in [2.45, 2.75) is 24.9 Å². The molecule has 0 radical (unpaired) electrons. The number of nitrogens with two attached hydrogens (primary N) is 1. The Morgan fingerprint density at radius 2 is 2.28 bits per heavy atom. The molecule has 1 aliphatic carbocycles. The first kappa shape index (κ1) is 13.8. The van der Waals surface area contributed by atoms with Gasteiger partial charge < -0.3 is 15.8 Å². The average Bonchev–Trinajstić information content (AvgIpc) is 2.29. The minimum Gasteiger partial charge on any atom is -0.389 e. The van der Waals surface area contributed by atoms with E-state index >= 15 is 0 Å². The summed E-state index contributed by atoms with van der Waals surface area (Å²) in [5, 5.41) is 3.40. The topological polar surface area (TPSA) is 47.3 Å². The Morgan fingerprint density at radius 3 is 2.78 bits per heavy atom. The van der Waals surface area contributed by atoms with Gasteiger partial charge in [0.15, 0.2) is 0 Å². The zero-order valence-corrected chi connectivity index (χ0v) is 12.7. The molecule has 0 atom stereocenters. The number of benzene rings is 1. The lowest BCUT2D eigenvalue weighted by Gasteiger charge is -2.40. The minimum atomic E-state index is -0.0133. The van der Waals surface area contributed by atoms with Crippen molar-refractivity contribution in [3.63, 3.8) is 0 Å². The number of hydrogen-bond donors (Lipinski definition) is 2. The Balaban J connectivity index is 2.11. The lowest BCUT2D eigenvalue weighted by Crippen LogP contribution is -2.45. The molecule has 1 fully saturated rings. The van der Waals surface area contributed by atoms with Gasteiger partial charge in [0.25, 0.3) is 0 Å². The Kier molecular flexibility index (Phi) is 4.25. The predicted octanol–water partition coefficient (Wildman–Crippen LogP) is 3.06. The fourth-order valence-corrected chi connectivity index (χ4v) is 2.68. The highest BCUT2D eigenvalue weighted by atomic mass is 79.9. The number of halogens is 1. The van der Waals surface area contributed by atoms with Gasteiger partial charge in [-0.05, 0) is 37.5 Å². The Morgan fingerprint density at radius 1 is 1.56 bits per heavy atom. The highest BCUT2D eigenvalue weighted by Gasteiger charge is 2.36. The zero-order chi connectivity index (χ0) is 13.2. The fraction of sp³-hybridized carbons (Fsp3) is 0.462. The molecule has 2 rings (SSSR count). The lowest BCUT2D eigenvalue weighted by atomic mass is 9.80. The third kappa shape index (κ3) is 2.84. The molecule has 0 unspecified atom stereocenters. The molecule has 0 aliphatic heterocycles. The van der Waals surface area contributed by atoms with Crippen molar-refractivity contribution in [2.75, 3.05) is 19.0 Å². The van der Waals surface area contributed by atoms with E-state index in [4.69, 9.17) is 22.7 Å². The number of thiocarbonyl (C=S) groups is 1. The lowest BCUT2D eigenvalue weighted by molar-refractivity contribution is -0.0601. The van der Waals surface area contributed by atoms with E-state index < -0.39 is 0 Å². The fourth-order valence-electron chi connectivity index (χ4n) is 2.15. The maximum absolute atomic E-state index is 5.74. The van der Waals surface area contributed by atoms with Gasteiger partial charge in [0.1, 0.15) is 4.99 Å². The number of hydrogen-bond acceptors (Lipinski definition) is 3. The highest BCUT2D eigenvalue weighted by molar-refractivity contribution is 9.10. The Labute approximate surface area is 121 Å². The van der Waals surface area contributed by atoms with Crippen LogP contribution in [-0.4, -0.2) is 24.2 Å². The van der Waals surface area contributed by atoms with E-state index in [0.29, 0.717) is 4.99 Å². The van der Waals surface area contributed by atoms with Gasteiger partial charge in [-0.25, -0.2) is 0 Å². The first-order chi connectivity index (χ1) is 8.56. The summed E-state index contributed by atoms with van der Waals surface area (Å²) < 4.78 is 6.56. The van der Waals surface area contributed by atoms with Gasteiger partial charge in [0, 0.05) is 29.4 Å². The molecule has 18 heavy (non-hydrogen) atoms. The van der Waals surface area contributed by atoms with Crippen LogP contribution in [0.2, 0.25) is 0 Å². The molecule has 1 aromatic carbocycles. The van der Waals surface area contributed by atoms with Crippen molar-refractivity contribution in [1.29, 1.82) is 0 Å². The van der Waals surface area contributed by atoms with Crippen LogP contribution in [0.15, 0.2) is 22.7 Å². The SMILES string of the molecule is COC1(CNc2ccc(Br)cc2C(N)=S)CCC1. The van der Waals surface area contributed by atoms with E-state index in [0.717, 1.165) is 35.1 Å². The second-order valence-electron chi connectivity index (χ2n) is 4.65. The highest BCUT2D eigenvalue weighted by Crippen LogP contribution is 2.35. The normalized spacial score (nSPS) is 17.0. The summed E-state index contributed by atoms with van der Waals surface area (Å²) in [6.45, 7) is 0.792. The van der Waals surface area contributed by atoms with Crippen molar-refractivity contribution in [3.8, 4) is 0 Å². The molecule has 98 valence electrons.